The summed E-state index contributed by atoms with van der Waals surface area (Å²) in [6, 6.07) is 4.31. The topological polar surface area (TPSA) is 62.0 Å². The summed E-state index contributed by atoms with van der Waals surface area (Å²) in [6.07, 6.45) is 8.64. The lowest BCUT2D eigenvalue weighted by molar-refractivity contribution is 0.0794. The maximum atomic E-state index is 5.73. The van der Waals surface area contributed by atoms with Crippen LogP contribution in [-0.4, -0.2) is 67.8 Å². The van der Waals surface area contributed by atoms with Gasteiger partial charge in [0.15, 0.2) is 5.96 Å². The smallest absolute Gasteiger partial charge is 0.191 e. The van der Waals surface area contributed by atoms with Gasteiger partial charge in [-0.05, 0) is 64.1 Å². The van der Waals surface area contributed by atoms with Crippen molar-refractivity contribution in [3.05, 3.63) is 24.2 Å². The Morgan fingerprint density at radius 2 is 2.07 bits per heavy atom. The van der Waals surface area contributed by atoms with Crippen molar-refractivity contribution in [2.75, 3.05) is 52.2 Å². The van der Waals surface area contributed by atoms with Crippen LogP contribution in [0.3, 0.4) is 0 Å². The molecule has 152 valence electrons. The lowest BCUT2D eigenvalue weighted by atomic mass is 9.99. The molecule has 1 aromatic heterocycles. The monoisotopic (exact) mass is 394 g/mol. The molecule has 0 amide bonds. The Labute approximate surface area is 167 Å². The van der Waals surface area contributed by atoms with Crippen molar-refractivity contribution in [1.29, 1.82) is 0 Å². The summed E-state index contributed by atoms with van der Waals surface area (Å²) in [5.41, 5.74) is 0. The SMILES string of the molecule is CCNC(=NCC1(SC)CCOCC1)NCC(c1ccco1)N1CCCC1. The van der Waals surface area contributed by atoms with E-state index in [-0.39, 0.29) is 10.8 Å². The molecule has 0 aromatic carbocycles. The summed E-state index contributed by atoms with van der Waals surface area (Å²) in [4.78, 5) is 7.44. The number of nitrogens with zero attached hydrogens (tertiary/aromatic N) is 2. The molecule has 2 fully saturated rings. The highest BCUT2D eigenvalue weighted by Gasteiger charge is 2.32. The molecule has 0 saturated carbocycles. The van der Waals surface area contributed by atoms with Crippen LogP contribution in [0.2, 0.25) is 0 Å². The number of hydrogen-bond acceptors (Lipinski definition) is 5. The summed E-state index contributed by atoms with van der Waals surface area (Å²) < 4.78 is 11.5. The zero-order valence-corrected chi connectivity index (χ0v) is 17.5. The van der Waals surface area contributed by atoms with Crippen molar-refractivity contribution < 1.29 is 9.15 Å². The number of likely N-dealkylation sites (tertiary alicyclic amines) is 1. The Bertz CT molecular complexity index is 567. The lowest BCUT2D eigenvalue weighted by Gasteiger charge is -2.34. The fourth-order valence-corrected chi connectivity index (χ4v) is 4.64. The van der Waals surface area contributed by atoms with Crippen molar-refractivity contribution in [1.82, 2.24) is 15.5 Å². The van der Waals surface area contributed by atoms with E-state index in [0.29, 0.717) is 0 Å². The zero-order valence-electron chi connectivity index (χ0n) is 16.7. The van der Waals surface area contributed by atoms with E-state index < -0.39 is 0 Å². The molecule has 0 aliphatic carbocycles. The predicted octanol–water partition coefficient (Wildman–Crippen LogP) is 2.88. The Morgan fingerprint density at radius 1 is 1.30 bits per heavy atom. The number of guanidine groups is 1. The molecule has 7 heteroatoms. The maximum Gasteiger partial charge on any atom is 0.191 e. The van der Waals surface area contributed by atoms with Gasteiger partial charge >= 0.3 is 0 Å². The van der Waals surface area contributed by atoms with Crippen molar-refractivity contribution >= 4 is 17.7 Å². The molecule has 6 nitrogen and oxygen atoms in total. The average molecular weight is 395 g/mol. The number of hydrogen-bond donors (Lipinski definition) is 2. The molecule has 2 aliphatic rings. The second-order valence-corrected chi connectivity index (χ2v) is 8.62. The van der Waals surface area contributed by atoms with Crippen LogP contribution in [0.1, 0.15) is 44.4 Å². The first-order chi connectivity index (χ1) is 13.3. The number of nitrogens with one attached hydrogen (secondary N) is 2. The fourth-order valence-electron chi connectivity index (χ4n) is 3.87. The van der Waals surface area contributed by atoms with E-state index >= 15 is 0 Å². The molecule has 27 heavy (non-hydrogen) atoms. The van der Waals surface area contributed by atoms with E-state index in [1.807, 2.05) is 17.8 Å². The second kappa shape index (κ2) is 10.4. The van der Waals surface area contributed by atoms with Crippen molar-refractivity contribution in [2.45, 2.75) is 43.4 Å². The largest absolute Gasteiger partial charge is 0.468 e. The minimum Gasteiger partial charge on any atom is -0.468 e. The van der Waals surface area contributed by atoms with Crippen molar-refractivity contribution in [3.63, 3.8) is 0 Å². The summed E-state index contributed by atoms with van der Waals surface area (Å²) in [7, 11) is 0. The molecule has 2 saturated heterocycles. The van der Waals surface area contributed by atoms with Gasteiger partial charge in [-0.25, -0.2) is 0 Å². The minimum atomic E-state index is 0.204. The third-order valence-electron chi connectivity index (χ3n) is 5.62. The maximum absolute atomic E-state index is 5.73. The molecule has 0 radical (unpaired) electrons. The summed E-state index contributed by atoms with van der Waals surface area (Å²) >= 11 is 1.93. The average Bonchev–Trinajstić information content (AvgIpc) is 3.42. The van der Waals surface area contributed by atoms with Crippen LogP contribution >= 0.6 is 11.8 Å². The van der Waals surface area contributed by atoms with Gasteiger partial charge in [0.05, 0.1) is 18.8 Å². The third-order valence-corrected chi connectivity index (χ3v) is 7.03. The first-order valence-electron chi connectivity index (χ1n) is 10.2. The number of thioether (sulfide) groups is 1. The second-order valence-electron chi connectivity index (χ2n) is 7.35. The molecule has 1 aromatic rings. The number of aliphatic imine (C=N–C) groups is 1. The molecule has 1 atom stereocenters. The van der Waals surface area contributed by atoms with Gasteiger partial charge in [0.25, 0.3) is 0 Å². The lowest BCUT2D eigenvalue weighted by Crippen LogP contribution is -2.44. The fraction of sp³-hybridized carbons (Fsp3) is 0.750. The highest BCUT2D eigenvalue weighted by atomic mass is 32.2. The van der Waals surface area contributed by atoms with Gasteiger partial charge in [-0.2, -0.15) is 11.8 Å². The molecule has 0 bridgehead atoms. The van der Waals surface area contributed by atoms with E-state index in [2.05, 4.69) is 34.8 Å². The van der Waals surface area contributed by atoms with Crippen LogP contribution in [0, 0.1) is 0 Å². The highest BCUT2D eigenvalue weighted by molar-refractivity contribution is 8.00. The minimum absolute atomic E-state index is 0.204. The van der Waals surface area contributed by atoms with Crippen molar-refractivity contribution in [3.8, 4) is 0 Å². The van der Waals surface area contributed by atoms with Crippen LogP contribution in [0.25, 0.3) is 0 Å². The first kappa shape index (κ1) is 20.6. The predicted molar refractivity (Wildman–Crippen MR) is 113 cm³/mol. The molecule has 3 rings (SSSR count). The van der Waals surface area contributed by atoms with Crippen LogP contribution < -0.4 is 10.6 Å². The Balaban J connectivity index is 1.63. The highest BCUT2D eigenvalue weighted by Crippen LogP contribution is 2.34. The van der Waals surface area contributed by atoms with Crippen LogP contribution in [-0.2, 0) is 4.74 Å². The van der Waals surface area contributed by atoms with Crippen LogP contribution in [0.4, 0.5) is 0 Å². The van der Waals surface area contributed by atoms with Gasteiger partial charge in [-0.3, -0.25) is 9.89 Å². The first-order valence-corrected chi connectivity index (χ1v) is 11.4. The van der Waals surface area contributed by atoms with E-state index in [9.17, 15) is 0 Å². The van der Waals surface area contributed by atoms with Gasteiger partial charge in [0.1, 0.15) is 5.76 Å². The molecule has 2 N–H and O–H groups in total. The van der Waals surface area contributed by atoms with E-state index in [4.69, 9.17) is 14.1 Å². The molecule has 0 spiro atoms. The molecular formula is C20H34N4O2S. The zero-order chi connectivity index (χ0) is 19.0. The Kier molecular flexibility index (Phi) is 7.91. The summed E-state index contributed by atoms with van der Waals surface area (Å²) in [5.74, 6) is 1.93. The van der Waals surface area contributed by atoms with Gasteiger partial charge < -0.3 is 19.8 Å². The third kappa shape index (κ3) is 5.65. The van der Waals surface area contributed by atoms with Crippen molar-refractivity contribution in [2.24, 2.45) is 4.99 Å². The van der Waals surface area contributed by atoms with E-state index in [0.717, 1.165) is 70.5 Å². The van der Waals surface area contributed by atoms with Gasteiger partial charge in [-0.1, -0.05) is 0 Å². The van der Waals surface area contributed by atoms with Crippen LogP contribution in [0.5, 0.6) is 0 Å². The van der Waals surface area contributed by atoms with E-state index in [1.165, 1.54) is 12.8 Å². The van der Waals surface area contributed by atoms with Gasteiger partial charge in [-0.15, -0.1) is 0 Å². The normalized spacial score (nSPS) is 21.9. The summed E-state index contributed by atoms with van der Waals surface area (Å²) in [6.45, 7) is 8.55. The summed E-state index contributed by atoms with van der Waals surface area (Å²) in [5, 5.41) is 6.97. The molecular weight excluding hydrogens is 360 g/mol. The van der Waals surface area contributed by atoms with E-state index in [1.54, 1.807) is 6.26 Å². The quantitative estimate of drug-likeness (QED) is 0.522. The van der Waals surface area contributed by atoms with Gasteiger partial charge in [0.2, 0.25) is 0 Å². The standard InChI is InChI=1S/C20H34N4O2S/c1-3-21-19(23-16-20(27-2)8-13-25-14-9-20)22-15-17(18-7-6-12-26-18)24-10-4-5-11-24/h6-7,12,17H,3-5,8-11,13-16H2,1-2H3,(H2,21,22,23). The van der Waals surface area contributed by atoms with Gasteiger partial charge in [0, 0.05) is 31.1 Å². The molecule has 3 heterocycles. The number of rotatable bonds is 8. The Morgan fingerprint density at radius 3 is 2.70 bits per heavy atom. The molecule has 2 aliphatic heterocycles. The number of ether oxygens (including phenoxy) is 1. The molecule has 1 unspecified atom stereocenters. The number of furan rings is 1. The Hall–Kier alpha value is -1.18. The van der Waals surface area contributed by atoms with Crippen LogP contribution in [0.15, 0.2) is 27.8 Å².